The standard InChI is InChI=1S/C19H29N3O2/c1-15-14-22(16(2)23)8-7-19(15)20-13-17-3-5-18(6-4-17)21-9-11-24-12-10-21/h3-6,15,19-20H,7-14H2,1-2H3/t15-,19+/m1/s1. The number of nitrogens with one attached hydrogen (secondary N) is 1. The SMILES string of the molecule is CC(=O)N1CC[C@H](NCc2ccc(N3CCOCC3)cc2)[C@H](C)C1. The van der Waals surface area contributed by atoms with Gasteiger partial charge in [0.1, 0.15) is 0 Å². The minimum absolute atomic E-state index is 0.194. The third kappa shape index (κ3) is 4.28. The highest BCUT2D eigenvalue weighted by Gasteiger charge is 2.26. The summed E-state index contributed by atoms with van der Waals surface area (Å²) in [4.78, 5) is 15.8. The molecule has 2 fully saturated rings. The molecule has 5 heteroatoms. The molecule has 24 heavy (non-hydrogen) atoms. The van der Waals surface area contributed by atoms with E-state index in [2.05, 4.69) is 41.4 Å². The van der Waals surface area contributed by atoms with Gasteiger partial charge in [0.05, 0.1) is 13.2 Å². The summed E-state index contributed by atoms with van der Waals surface area (Å²) in [5.41, 5.74) is 2.60. The van der Waals surface area contributed by atoms with E-state index >= 15 is 0 Å². The summed E-state index contributed by atoms with van der Waals surface area (Å²) in [6.45, 7) is 10.1. The number of likely N-dealkylation sites (tertiary alicyclic amines) is 1. The monoisotopic (exact) mass is 331 g/mol. The zero-order valence-electron chi connectivity index (χ0n) is 14.8. The van der Waals surface area contributed by atoms with Gasteiger partial charge in [-0.1, -0.05) is 19.1 Å². The van der Waals surface area contributed by atoms with E-state index in [1.165, 1.54) is 11.3 Å². The van der Waals surface area contributed by atoms with Crippen molar-refractivity contribution < 1.29 is 9.53 Å². The molecular formula is C19H29N3O2. The first-order valence-corrected chi connectivity index (χ1v) is 9.04. The molecule has 132 valence electrons. The van der Waals surface area contributed by atoms with Gasteiger partial charge in [0.15, 0.2) is 0 Å². The second-order valence-corrected chi connectivity index (χ2v) is 6.98. The van der Waals surface area contributed by atoms with Gasteiger partial charge in [0.25, 0.3) is 0 Å². The lowest BCUT2D eigenvalue weighted by Crippen LogP contribution is -2.49. The molecule has 2 atom stereocenters. The van der Waals surface area contributed by atoms with Gasteiger partial charge < -0.3 is 19.9 Å². The number of rotatable bonds is 4. The Balaban J connectivity index is 1.49. The van der Waals surface area contributed by atoms with E-state index in [1.54, 1.807) is 6.92 Å². The number of anilines is 1. The van der Waals surface area contributed by atoms with Crippen molar-refractivity contribution in [3.63, 3.8) is 0 Å². The van der Waals surface area contributed by atoms with E-state index < -0.39 is 0 Å². The summed E-state index contributed by atoms with van der Waals surface area (Å²) in [7, 11) is 0. The highest BCUT2D eigenvalue weighted by Crippen LogP contribution is 2.19. The Hall–Kier alpha value is -1.59. The quantitative estimate of drug-likeness (QED) is 0.915. The van der Waals surface area contributed by atoms with E-state index in [4.69, 9.17) is 4.74 Å². The molecule has 2 heterocycles. The number of benzene rings is 1. The van der Waals surface area contributed by atoms with Crippen molar-refractivity contribution in [2.45, 2.75) is 32.9 Å². The second kappa shape index (κ2) is 7.99. The summed E-state index contributed by atoms with van der Waals surface area (Å²) in [5.74, 6) is 0.689. The molecule has 2 aliphatic rings. The fraction of sp³-hybridized carbons (Fsp3) is 0.632. The molecule has 0 aromatic heterocycles. The van der Waals surface area contributed by atoms with Gasteiger partial charge in [-0.3, -0.25) is 4.79 Å². The Morgan fingerprint density at radius 1 is 1.21 bits per heavy atom. The molecule has 0 spiro atoms. The predicted octanol–water partition coefficient (Wildman–Crippen LogP) is 1.87. The summed E-state index contributed by atoms with van der Waals surface area (Å²) in [5, 5.41) is 3.67. The lowest BCUT2D eigenvalue weighted by Gasteiger charge is -2.37. The van der Waals surface area contributed by atoms with Crippen LogP contribution in [0, 0.1) is 5.92 Å². The summed E-state index contributed by atoms with van der Waals surface area (Å²) in [6, 6.07) is 9.34. The van der Waals surface area contributed by atoms with Crippen molar-refractivity contribution >= 4 is 11.6 Å². The Morgan fingerprint density at radius 3 is 2.54 bits per heavy atom. The molecule has 2 saturated heterocycles. The number of piperidine rings is 1. The molecule has 0 bridgehead atoms. The number of ether oxygens (including phenoxy) is 1. The average molecular weight is 331 g/mol. The topological polar surface area (TPSA) is 44.8 Å². The molecular weight excluding hydrogens is 302 g/mol. The molecule has 3 rings (SSSR count). The lowest BCUT2D eigenvalue weighted by molar-refractivity contribution is -0.130. The Labute approximate surface area is 145 Å². The number of hydrogen-bond donors (Lipinski definition) is 1. The lowest BCUT2D eigenvalue weighted by atomic mass is 9.93. The van der Waals surface area contributed by atoms with Gasteiger partial charge in [-0.15, -0.1) is 0 Å². The molecule has 0 saturated carbocycles. The van der Waals surface area contributed by atoms with E-state index in [-0.39, 0.29) is 5.91 Å². The fourth-order valence-corrected chi connectivity index (χ4v) is 3.63. The zero-order valence-corrected chi connectivity index (χ0v) is 14.8. The summed E-state index contributed by atoms with van der Waals surface area (Å²) in [6.07, 6.45) is 1.03. The highest BCUT2D eigenvalue weighted by molar-refractivity contribution is 5.73. The Bertz CT molecular complexity index is 540. The fourth-order valence-electron chi connectivity index (χ4n) is 3.63. The predicted molar refractivity (Wildman–Crippen MR) is 96.1 cm³/mol. The van der Waals surface area contributed by atoms with Gasteiger partial charge in [-0.05, 0) is 30.0 Å². The number of amides is 1. The minimum Gasteiger partial charge on any atom is -0.378 e. The molecule has 1 N–H and O–H groups in total. The van der Waals surface area contributed by atoms with E-state index in [9.17, 15) is 4.79 Å². The molecule has 0 radical (unpaired) electrons. The highest BCUT2D eigenvalue weighted by atomic mass is 16.5. The van der Waals surface area contributed by atoms with Gasteiger partial charge >= 0.3 is 0 Å². The first-order chi connectivity index (χ1) is 11.6. The van der Waals surface area contributed by atoms with Crippen LogP contribution in [0.15, 0.2) is 24.3 Å². The minimum atomic E-state index is 0.194. The van der Waals surface area contributed by atoms with Crippen LogP contribution in [0.4, 0.5) is 5.69 Å². The maximum Gasteiger partial charge on any atom is 0.219 e. The molecule has 1 aromatic rings. The number of carbonyl (C=O) groups excluding carboxylic acids is 1. The van der Waals surface area contributed by atoms with Crippen molar-refractivity contribution in [3.05, 3.63) is 29.8 Å². The van der Waals surface area contributed by atoms with Crippen molar-refractivity contribution in [1.29, 1.82) is 0 Å². The van der Waals surface area contributed by atoms with Gasteiger partial charge in [-0.2, -0.15) is 0 Å². The second-order valence-electron chi connectivity index (χ2n) is 6.98. The van der Waals surface area contributed by atoms with Crippen LogP contribution in [0.25, 0.3) is 0 Å². The normalized spacial score (nSPS) is 24.9. The van der Waals surface area contributed by atoms with Crippen molar-refractivity contribution in [2.75, 3.05) is 44.3 Å². The van der Waals surface area contributed by atoms with E-state index in [0.717, 1.165) is 52.4 Å². The van der Waals surface area contributed by atoms with Gasteiger partial charge in [0, 0.05) is 51.4 Å². The molecule has 0 unspecified atom stereocenters. The van der Waals surface area contributed by atoms with E-state index in [1.807, 2.05) is 4.90 Å². The van der Waals surface area contributed by atoms with Crippen LogP contribution in [0.5, 0.6) is 0 Å². The third-order valence-electron chi connectivity index (χ3n) is 5.23. The zero-order chi connectivity index (χ0) is 16.9. The number of morpholine rings is 1. The first-order valence-electron chi connectivity index (χ1n) is 9.04. The number of carbonyl (C=O) groups is 1. The van der Waals surface area contributed by atoms with Gasteiger partial charge in [-0.25, -0.2) is 0 Å². The van der Waals surface area contributed by atoms with Crippen molar-refractivity contribution in [3.8, 4) is 0 Å². The maximum atomic E-state index is 11.5. The van der Waals surface area contributed by atoms with Crippen molar-refractivity contribution in [2.24, 2.45) is 5.92 Å². The maximum absolute atomic E-state index is 11.5. The summed E-state index contributed by atoms with van der Waals surface area (Å²) >= 11 is 0. The summed E-state index contributed by atoms with van der Waals surface area (Å²) < 4.78 is 5.41. The largest absolute Gasteiger partial charge is 0.378 e. The number of hydrogen-bond acceptors (Lipinski definition) is 4. The molecule has 1 aromatic carbocycles. The van der Waals surface area contributed by atoms with Crippen molar-refractivity contribution in [1.82, 2.24) is 10.2 Å². The molecule has 0 aliphatic carbocycles. The molecule has 2 aliphatic heterocycles. The number of nitrogens with zero attached hydrogens (tertiary/aromatic N) is 2. The third-order valence-corrected chi connectivity index (χ3v) is 5.23. The van der Waals surface area contributed by atoms with Crippen LogP contribution in [0.3, 0.4) is 0 Å². The van der Waals surface area contributed by atoms with Gasteiger partial charge in [0.2, 0.25) is 5.91 Å². The Kier molecular flexibility index (Phi) is 5.74. The molecule has 1 amide bonds. The van der Waals surface area contributed by atoms with Crippen LogP contribution < -0.4 is 10.2 Å². The molecule has 5 nitrogen and oxygen atoms in total. The smallest absolute Gasteiger partial charge is 0.219 e. The first kappa shape index (κ1) is 17.2. The van der Waals surface area contributed by atoms with E-state index in [0.29, 0.717) is 12.0 Å². The van der Waals surface area contributed by atoms with Crippen LogP contribution in [0.2, 0.25) is 0 Å². The van der Waals surface area contributed by atoms with Crippen LogP contribution in [-0.4, -0.2) is 56.2 Å². The van der Waals surface area contributed by atoms with Crippen LogP contribution in [-0.2, 0) is 16.1 Å². The van der Waals surface area contributed by atoms with Crippen LogP contribution >= 0.6 is 0 Å². The van der Waals surface area contributed by atoms with Crippen LogP contribution in [0.1, 0.15) is 25.8 Å². The average Bonchev–Trinajstić information content (AvgIpc) is 2.62. The Morgan fingerprint density at radius 2 is 1.92 bits per heavy atom.